The number of furan rings is 1. The average Bonchev–Trinajstić information content (AvgIpc) is 3.15. The van der Waals surface area contributed by atoms with Crippen molar-refractivity contribution in [2.45, 2.75) is 34.1 Å². The maximum absolute atomic E-state index is 13.1. The summed E-state index contributed by atoms with van der Waals surface area (Å²) in [4.78, 5) is 37.2. The van der Waals surface area contributed by atoms with Gasteiger partial charge in [-0.2, -0.15) is 0 Å². The highest BCUT2D eigenvalue weighted by Gasteiger charge is 2.37. The van der Waals surface area contributed by atoms with Crippen molar-refractivity contribution in [3.63, 3.8) is 0 Å². The first-order valence-corrected chi connectivity index (χ1v) is 9.73. The van der Waals surface area contributed by atoms with E-state index in [1.165, 1.54) is 6.07 Å². The van der Waals surface area contributed by atoms with Crippen LogP contribution < -0.4 is 15.0 Å². The highest BCUT2D eigenvalue weighted by molar-refractivity contribution is 6.03. The van der Waals surface area contributed by atoms with Crippen molar-refractivity contribution in [2.75, 3.05) is 23.4 Å². The van der Waals surface area contributed by atoms with Crippen LogP contribution in [-0.4, -0.2) is 29.9 Å². The number of ether oxygens (including phenoxy) is 1. The third kappa shape index (κ3) is 4.45. The molecule has 0 bridgehead atoms. The van der Waals surface area contributed by atoms with Gasteiger partial charge in [0.15, 0.2) is 5.76 Å². The summed E-state index contributed by atoms with van der Waals surface area (Å²) in [5, 5.41) is 13.4. The summed E-state index contributed by atoms with van der Waals surface area (Å²) < 4.78 is 10.8. The molecule has 2 heterocycles. The molecule has 1 N–H and O–H groups in total. The second-order valence-corrected chi connectivity index (χ2v) is 8.34. The maximum atomic E-state index is 13.1. The van der Waals surface area contributed by atoms with Crippen LogP contribution in [0, 0.1) is 21.4 Å². The Morgan fingerprint density at radius 1 is 1.30 bits per heavy atom. The molecule has 9 nitrogen and oxygen atoms in total. The van der Waals surface area contributed by atoms with E-state index in [0.29, 0.717) is 29.6 Å². The maximum Gasteiger partial charge on any atom is 0.433 e. The van der Waals surface area contributed by atoms with Gasteiger partial charge in [0.05, 0.1) is 17.2 Å². The van der Waals surface area contributed by atoms with Gasteiger partial charge in [0.25, 0.3) is 5.91 Å². The molecule has 2 amide bonds. The molecular formula is C21H25N3O6. The van der Waals surface area contributed by atoms with Gasteiger partial charge in [-0.15, -0.1) is 0 Å². The minimum atomic E-state index is -0.711. The summed E-state index contributed by atoms with van der Waals surface area (Å²) in [5.74, 6) is -0.393. The van der Waals surface area contributed by atoms with Crippen LogP contribution in [0.1, 0.15) is 44.7 Å². The van der Waals surface area contributed by atoms with Crippen LogP contribution in [0.15, 0.2) is 34.7 Å². The Bertz CT molecular complexity index is 979. The number of fused-ring (bicyclic) bond motifs is 1. The van der Waals surface area contributed by atoms with Crippen molar-refractivity contribution >= 4 is 29.1 Å². The lowest BCUT2D eigenvalue weighted by Crippen LogP contribution is -2.42. The van der Waals surface area contributed by atoms with Crippen LogP contribution in [0.2, 0.25) is 0 Å². The number of hydrogen-bond acceptors (Lipinski definition) is 6. The highest BCUT2D eigenvalue weighted by atomic mass is 16.6. The van der Waals surface area contributed by atoms with Crippen molar-refractivity contribution in [3.05, 3.63) is 46.2 Å². The molecule has 0 spiro atoms. The molecule has 0 saturated heterocycles. The van der Waals surface area contributed by atoms with Gasteiger partial charge in [0.2, 0.25) is 5.91 Å². The van der Waals surface area contributed by atoms with Crippen LogP contribution >= 0.6 is 0 Å². The van der Waals surface area contributed by atoms with Gasteiger partial charge < -0.3 is 19.4 Å². The van der Waals surface area contributed by atoms with E-state index in [2.05, 4.69) is 19.2 Å². The lowest BCUT2D eigenvalue weighted by atomic mass is 9.92. The van der Waals surface area contributed by atoms with Crippen LogP contribution in [0.4, 0.5) is 17.3 Å². The SMILES string of the molecule is CC(C)CCN1C(=O)C(C)(C)COc2cc(NC(=O)c3ccc([N+](=O)[O-])o3)ccc21. The van der Waals surface area contributed by atoms with E-state index in [0.717, 1.165) is 12.5 Å². The largest absolute Gasteiger partial charge is 0.490 e. The monoisotopic (exact) mass is 415 g/mol. The van der Waals surface area contributed by atoms with E-state index < -0.39 is 22.1 Å². The Hall–Kier alpha value is -3.36. The fourth-order valence-electron chi connectivity index (χ4n) is 3.07. The van der Waals surface area contributed by atoms with Gasteiger partial charge in [-0.1, -0.05) is 13.8 Å². The number of benzene rings is 1. The van der Waals surface area contributed by atoms with E-state index in [1.54, 1.807) is 23.1 Å². The number of nitrogens with zero attached hydrogens (tertiary/aromatic N) is 2. The Morgan fingerprint density at radius 3 is 2.67 bits per heavy atom. The second-order valence-electron chi connectivity index (χ2n) is 8.34. The third-order valence-corrected chi connectivity index (χ3v) is 4.85. The molecule has 2 aromatic rings. The Kier molecular flexibility index (Phi) is 5.82. The molecule has 9 heteroatoms. The zero-order valence-electron chi connectivity index (χ0n) is 17.4. The molecule has 160 valence electrons. The lowest BCUT2D eigenvalue weighted by Gasteiger charge is -2.28. The van der Waals surface area contributed by atoms with Gasteiger partial charge in [-0.05, 0) is 44.4 Å². The van der Waals surface area contributed by atoms with E-state index in [9.17, 15) is 19.7 Å². The van der Waals surface area contributed by atoms with E-state index in [-0.39, 0.29) is 18.3 Å². The molecule has 0 aliphatic carbocycles. The van der Waals surface area contributed by atoms with Gasteiger partial charge in [0, 0.05) is 18.3 Å². The standard InChI is InChI=1S/C21H25N3O6/c1-13(2)9-10-23-15-6-5-14(11-17(15)29-12-21(3,4)20(23)26)22-19(25)16-7-8-18(30-16)24(27)28/h5-8,11,13H,9-10,12H2,1-4H3,(H,22,25). The van der Waals surface area contributed by atoms with Crippen molar-refractivity contribution in [1.82, 2.24) is 0 Å². The third-order valence-electron chi connectivity index (χ3n) is 4.85. The molecule has 0 atom stereocenters. The summed E-state index contributed by atoms with van der Waals surface area (Å²) in [6.45, 7) is 8.66. The van der Waals surface area contributed by atoms with E-state index >= 15 is 0 Å². The average molecular weight is 415 g/mol. The minimum absolute atomic E-state index is 0.0124. The predicted octanol–water partition coefficient (Wildman–Crippen LogP) is 4.24. The fraction of sp³-hybridized carbons (Fsp3) is 0.429. The van der Waals surface area contributed by atoms with Crippen LogP contribution in [-0.2, 0) is 4.79 Å². The molecule has 3 rings (SSSR count). The molecule has 1 aromatic carbocycles. The molecule has 0 radical (unpaired) electrons. The number of rotatable bonds is 6. The number of nitro groups is 1. The highest BCUT2D eigenvalue weighted by Crippen LogP contribution is 2.38. The number of carbonyl (C=O) groups excluding carboxylic acids is 2. The predicted molar refractivity (Wildman–Crippen MR) is 111 cm³/mol. The first-order chi connectivity index (χ1) is 14.1. The molecule has 1 aromatic heterocycles. The first kappa shape index (κ1) is 21.4. The Morgan fingerprint density at radius 2 is 2.03 bits per heavy atom. The summed E-state index contributed by atoms with van der Waals surface area (Å²) in [6.07, 6.45) is 0.844. The first-order valence-electron chi connectivity index (χ1n) is 9.73. The van der Waals surface area contributed by atoms with Crippen molar-refractivity contribution in [2.24, 2.45) is 11.3 Å². The summed E-state index contributed by atoms with van der Waals surface area (Å²) in [7, 11) is 0. The van der Waals surface area contributed by atoms with Gasteiger partial charge >= 0.3 is 5.88 Å². The summed E-state index contributed by atoms with van der Waals surface area (Å²) in [6, 6.07) is 7.39. The normalized spacial score (nSPS) is 15.4. The van der Waals surface area contributed by atoms with E-state index in [4.69, 9.17) is 9.15 Å². The zero-order valence-corrected chi connectivity index (χ0v) is 17.4. The van der Waals surface area contributed by atoms with Crippen LogP contribution in [0.5, 0.6) is 5.75 Å². The number of carbonyl (C=O) groups is 2. The van der Waals surface area contributed by atoms with Crippen molar-refractivity contribution in [3.8, 4) is 5.75 Å². The summed E-state index contributed by atoms with van der Waals surface area (Å²) >= 11 is 0. The van der Waals surface area contributed by atoms with Crippen LogP contribution in [0.3, 0.4) is 0 Å². The molecule has 1 aliphatic heterocycles. The Labute approximate surface area is 174 Å². The number of nitrogens with one attached hydrogen (secondary N) is 1. The quantitative estimate of drug-likeness (QED) is 0.557. The van der Waals surface area contributed by atoms with Gasteiger partial charge in [-0.3, -0.25) is 19.7 Å². The minimum Gasteiger partial charge on any atom is -0.490 e. The van der Waals surface area contributed by atoms with Gasteiger partial charge in [-0.25, -0.2) is 0 Å². The lowest BCUT2D eigenvalue weighted by molar-refractivity contribution is -0.402. The molecule has 30 heavy (non-hydrogen) atoms. The second kappa shape index (κ2) is 8.17. The molecule has 1 aliphatic rings. The van der Waals surface area contributed by atoms with E-state index in [1.807, 2.05) is 13.8 Å². The van der Waals surface area contributed by atoms with Gasteiger partial charge in [0.1, 0.15) is 17.3 Å². The molecule has 0 saturated carbocycles. The number of hydrogen-bond donors (Lipinski definition) is 1. The molecule has 0 fully saturated rings. The summed E-state index contributed by atoms with van der Waals surface area (Å²) in [5.41, 5.74) is 0.388. The molecular weight excluding hydrogens is 390 g/mol. The smallest absolute Gasteiger partial charge is 0.433 e. The molecule has 0 unspecified atom stereocenters. The number of anilines is 2. The fourth-order valence-corrected chi connectivity index (χ4v) is 3.07. The van der Waals surface area contributed by atoms with Crippen molar-refractivity contribution in [1.29, 1.82) is 0 Å². The van der Waals surface area contributed by atoms with Crippen molar-refractivity contribution < 1.29 is 23.7 Å². The number of amides is 2. The van der Waals surface area contributed by atoms with Crippen LogP contribution in [0.25, 0.3) is 0 Å². The topological polar surface area (TPSA) is 115 Å². The zero-order chi connectivity index (χ0) is 22.1. The Balaban J connectivity index is 1.85.